The third-order valence-corrected chi connectivity index (χ3v) is 9.80. The van der Waals surface area contributed by atoms with E-state index >= 15 is 0 Å². The highest BCUT2D eigenvalue weighted by molar-refractivity contribution is 7.91. The van der Waals surface area contributed by atoms with Crippen LogP contribution in [0.4, 0.5) is 32.0 Å². The number of benzene rings is 2. The van der Waals surface area contributed by atoms with E-state index < -0.39 is 39.6 Å². The van der Waals surface area contributed by atoms with Crippen molar-refractivity contribution in [3.8, 4) is 0 Å². The molecule has 1 N–H and O–H groups in total. The second-order valence-electron chi connectivity index (χ2n) is 9.08. The second kappa shape index (κ2) is 10.2. The summed E-state index contributed by atoms with van der Waals surface area (Å²) < 4.78 is 108. The number of piperazine rings is 1. The fourth-order valence-corrected chi connectivity index (χ4v) is 7.09. The lowest BCUT2D eigenvalue weighted by molar-refractivity contribution is -0.376. The SMILES string of the molecule is Cc1ccc(C[C@H]2CN(S(=O)(=O)c3cccs3)CCN2c2ccc(C(O)(C(F)(F)F)C(F)(F)F)cc2)cc1. The Morgan fingerprint density at radius 1 is 0.921 bits per heavy atom. The van der Waals surface area contributed by atoms with Crippen molar-refractivity contribution < 1.29 is 39.9 Å². The third-order valence-electron chi connectivity index (χ3n) is 6.56. The van der Waals surface area contributed by atoms with Gasteiger partial charge in [-0.15, -0.1) is 11.3 Å². The molecule has 4 rings (SSSR count). The number of halogens is 6. The maximum Gasteiger partial charge on any atom is 0.430 e. The minimum absolute atomic E-state index is 0.0604. The standard InChI is InChI=1S/C25H24F6N2O3S2/c1-17-4-6-18(7-5-17)15-21-16-32(38(35,36)22-3-2-14-37-22)12-13-33(21)20-10-8-19(9-11-20)23(34,24(26,27)28)25(29,30)31/h2-11,14,21,34H,12-13,15-16H2,1H3/t21-/m0/s1. The molecule has 1 aromatic heterocycles. The number of alkyl halides is 6. The first-order chi connectivity index (χ1) is 17.6. The zero-order chi connectivity index (χ0) is 27.9. The lowest BCUT2D eigenvalue weighted by Gasteiger charge is -2.42. The first kappa shape index (κ1) is 28.4. The Morgan fingerprint density at radius 2 is 1.53 bits per heavy atom. The van der Waals surface area contributed by atoms with Gasteiger partial charge in [0.1, 0.15) is 4.21 Å². The van der Waals surface area contributed by atoms with E-state index in [4.69, 9.17) is 0 Å². The predicted octanol–water partition coefficient (Wildman–Crippen LogP) is 5.49. The number of hydrogen-bond acceptors (Lipinski definition) is 5. The molecule has 1 saturated heterocycles. The van der Waals surface area contributed by atoms with Gasteiger partial charge in [0, 0.05) is 36.9 Å². The normalized spacial score (nSPS) is 18.1. The van der Waals surface area contributed by atoms with Crippen LogP contribution in [0.1, 0.15) is 16.7 Å². The van der Waals surface area contributed by atoms with Crippen LogP contribution in [0.5, 0.6) is 0 Å². The molecule has 0 unspecified atom stereocenters. The highest BCUT2D eigenvalue weighted by Crippen LogP contribution is 2.50. The Kier molecular flexibility index (Phi) is 7.60. The van der Waals surface area contributed by atoms with Gasteiger partial charge in [0.25, 0.3) is 15.6 Å². The molecule has 0 bridgehead atoms. The molecule has 206 valence electrons. The van der Waals surface area contributed by atoms with Crippen LogP contribution >= 0.6 is 11.3 Å². The molecule has 13 heteroatoms. The van der Waals surface area contributed by atoms with Crippen LogP contribution in [0, 0.1) is 6.92 Å². The third kappa shape index (κ3) is 5.29. The largest absolute Gasteiger partial charge is 0.430 e. The summed E-state index contributed by atoms with van der Waals surface area (Å²) >= 11 is 1.08. The average Bonchev–Trinajstić information content (AvgIpc) is 3.40. The van der Waals surface area contributed by atoms with Crippen molar-refractivity contribution in [1.82, 2.24) is 4.31 Å². The second-order valence-corrected chi connectivity index (χ2v) is 12.2. The molecule has 38 heavy (non-hydrogen) atoms. The van der Waals surface area contributed by atoms with Crippen molar-refractivity contribution in [2.75, 3.05) is 24.5 Å². The van der Waals surface area contributed by atoms with E-state index in [9.17, 15) is 39.9 Å². The molecule has 0 spiro atoms. The van der Waals surface area contributed by atoms with Crippen LogP contribution in [-0.2, 0) is 22.0 Å². The molecular formula is C25H24F6N2O3S2. The van der Waals surface area contributed by atoms with Gasteiger partial charge in [-0.25, -0.2) is 8.42 Å². The van der Waals surface area contributed by atoms with Crippen LogP contribution in [0.25, 0.3) is 0 Å². The average molecular weight is 579 g/mol. The van der Waals surface area contributed by atoms with Crippen molar-refractivity contribution >= 4 is 27.0 Å². The van der Waals surface area contributed by atoms with Crippen molar-refractivity contribution in [2.45, 2.75) is 41.5 Å². The Balaban J connectivity index is 1.67. The summed E-state index contributed by atoms with van der Waals surface area (Å²) in [6.45, 7) is 2.20. The number of anilines is 1. The van der Waals surface area contributed by atoms with E-state index in [0.717, 1.165) is 34.6 Å². The lowest BCUT2D eigenvalue weighted by Crippen LogP contribution is -2.55. The van der Waals surface area contributed by atoms with E-state index in [1.54, 1.807) is 16.3 Å². The van der Waals surface area contributed by atoms with Crippen molar-refractivity contribution in [1.29, 1.82) is 0 Å². The Hall–Kier alpha value is -2.61. The molecule has 0 aliphatic carbocycles. The number of nitrogens with zero attached hydrogens (tertiary/aromatic N) is 2. The van der Waals surface area contributed by atoms with Gasteiger partial charge in [-0.1, -0.05) is 48.0 Å². The molecular weight excluding hydrogens is 554 g/mol. The molecule has 5 nitrogen and oxygen atoms in total. The van der Waals surface area contributed by atoms with Gasteiger partial charge in [-0.2, -0.15) is 30.6 Å². The number of rotatable bonds is 6. The summed E-state index contributed by atoms with van der Waals surface area (Å²) in [6, 6.07) is 13.6. The van der Waals surface area contributed by atoms with Gasteiger partial charge < -0.3 is 10.0 Å². The minimum atomic E-state index is -5.98. The topological polar surface area (TPSA) is 60.9 Å². The van der Waals surface area contributed by atoms with Crippen LogP contribution in [0.15, 0.2) is 70.3 Å². The molecule has 2 heterocycles. The van der Waals surface area contributed by atoms with E-state index in [-0.39, 0.29) is 23.8 Å². The molecule has 0 radical (unpaired) electrons. The molecule has 0 amide bonds. The minimum Gasteiger partial charge on any atom is -0.369 e. The first-order valence-electron chi connectivity index (χ1n) is 11.5. The lowest BCUT2D eigenvalue weighted by atomic mass is 9.92. The monoisotopic (exact) mass is 578 g/mol. The summed E-state index contributed by atoms with van der Waals surface area (Å²) in [5.74, 6) is 0. The molecule has 1 aliphatic heterocycles. The zero-order valence-electron chi connectivity index (χ0n) is 20.0. The quantitative estimate of drug-likeness (QED) is 0.393. The number of sulfonamides is 1. The van der Waals surface area contributed by atoms with Gasteiger partial charge >= 0.3 is 12.4 Å². The summed E-state index contributed by atoms with van der Waals surface area (Å²) in [6.07, 6.45) is -11.6. The number of aryl methyl sites for hydroxylation is 1. The predicted molar refractivity (Wildman–Crippen MR) is 132 cm³/mol. The Labute approximate surface area is 220 Å². The maximum atomic E-state index is 13.3. The molecule has 2 aromatic carbocycles. The first-order valence-corrected chi connectivity index (χ1v) is 13.8. The molecule has 1 fully saturated rings. The number of thiophene rings is 1. The Bertz CT molecular complexity index is 1330. The fraction of sp³-hybridized carbons (Fsp3) is 0.360. The van der Waals surface area contributed by atoms with Gasteiger partial charge in [-0.05, 0) is 42.5 Å². The molecule has 0 saturated carbocycles. The van der Waals surface area contributed by atoms with Crippen LogP contribution < -0.4 is 4.90 Å². The number of hydrogen-bond donors (Lipinski definition) is 1. The Morgan fingerprint density at radius 3 is 2.05 bits per heavy atom. The molecule has 1 atom stereocenters. The smallest absolute Gasteiger partial charge is 0.369 e. The molecule has 1 aliphatic rings. The van der Waals surface area contributed by atoms with Crippen LogP contribution in [0.3, 0.4) is 0 Å². The molecule has 3 aromatic rings. The summed E-state index contributed by atoms with van der Waals surface area (Å²) in [5.41, 5.74) is -4.15. The highest BCUT2D eigenvalue weighted by atomic mass is 32.2. The summed E-state index contributed by atoms with van der Waals surface area (Å²) in [4.78, 5) is 1.77. The van der Waals surface area contributed by atoms with Gasteiger partial charge in [-0.3, -0.25) is 0 Å². The van der Waals surface area contributed by atoms with Crippen molar-refractivity contribution in [3.63, 3.8) is 0 Å². The highest BCUT2D eigenvalue weighted by Gasteiger charge is 2.71. The van der Waals surface area contributed by atoms with E-state index in [1.165, 1.54) is 10.4 Å². The van der Waals surface area contributed by atoms with Crippen molar-refractivity contribution in [3.05, 3.63) is 82.7 Å². The van der Waals surface area contributed by atoms with Crippen molar-refractivity contribution in [2.24, 2.45) is 0 Å². The zero-order valence-corrected chi connectivity index (χ0v) is 21.6. The van der Waals surface area contributed by atoms with E-state index in [0.29, 0.717) is 24.2 Å². The maximum absolute atomic E-state index is 13.3. The summed E-state index contributed by atoms with van der Waals surface area (Å²) in [5, 5.41) is 11.4. The van der Waals surface area contributed by atoms with Crippen LogP contribution in [0.2, 0.25) is 0 Å². The van der Waals surface area contributed by atoms with Gasteiger partial charge in [0.15, 0.2) is 0 Å². The van der Waals surface area contributed by atoms with Gasteiger partial charge in [0.2, 0.25) is 0 Å². The van der Waals surface area contributed by atoms with E-state index in [1.807, 2.05) is 31.2 Å². The fourth-order valence-electron chi connectivity index (χ4n) is 4.48. The number of aliphatic hydroxyl groups is 1. The van der Waals surface area contributed by atoms with Gasteiger partial charge in [0.05, 0.1) is 0 Å². The summed E-state index contributed by atoms with van der Waals surface area (Å²) in [7, 11) is -3.77. The van der Waals surface area contributed by atoms with Crippen LogP contribution in [-0.4, -0.2) is 55.9 Å². The van der Waals surface area contributed by atoms with E-state index in [2.05, 4.69) is 0 Å².